The molecule has 1 saturated heterocycles. The zero-order valence-electron chi connectivity index (χ0n) is 23.7. The molecule has 16 heteroatoms. The number of hydrogen-bond acceptors (Lipinski definition) is 6. The zero-order valence-corrected chi connectivity index (χ0v) is 24.5. The highest BCUT2D eigenvalue weighted by atomic mass is 32.5. The summed E-state index contributed by atoms with van der Waals surface area (Å²) in [7, 11) is -9.99. The van der Waals surface area contributed by atoms with Crippen LogP contribution in [-0.2, 0) is 11.3 Å². The first-order valence-electron chi connectivity index (χ1n) is 14.0. The van der Waals surface area contributed by atoms with Gasteiger partial charge in [0.25, 0.3) is 5.56 Å². The number of halogens is 7. The molecule has 0 radical (unpaired) electrons. The number of nitrogens with two attached hydrogens (primary N) is 1. The van der Waals surface area contributed by atoms with Crippen molar-refractivity contribution in [3.8, 4) is 11.6 Å². The third-order valence-corrected chi connectivity index (χ3v) is 9.49. The molecule has 1 saturated carbocycles. The number of nitrogens with zero attached hydrogens (tertiary/aromatic N) is 3. The van der Waals surface area contributed by atoms with E-state index in [-0.39, 0.29) is 56.9 Å². The van der Waals surface area contributed by atoms with Crippen LogP contribution in [0.2, 0.25) is 0 Å². The van der Waals surface area contributed by atoms with Gasteiger partial charge in [-0.15, -0.1) is 0 Å². The van der Waals surface area contributed by atoms with Gasteiger partial charge in [0.1, 0.15) is 17.0 Å². The van der Waals surface area contributed by atoms with E-state index in [0.29, 0.717) is 11.6 Å². The van der Waals surface area contributed by atoms with Gasteiger partial charge in [0.05, 0.1) is 12.1 Å². The summed E-state index contributed by atoms with van der Waals surface area (Å²) in [6.07, 6.45) is 0.217. The molecule has 1 amide bonds. The van der Waals surface area contributed by atoms with Crippen LogP contribution in [0.15, 0.2) is 70.6 Å². The topological polar surface area (TPSA) is 111 Å². The number of nitrogen functional groups attached to an aromatic ring is 1. The second-order valence-corrected chi connectivity index (χ2v) is 14.1. The molecule has 1 aliphatic carbocycles. The van der Waals surface area contributed by atoms with Gasteiger partial charge in [0.15, 0.2) is 5.69 Å². The minimum atomic E-state index is -9.99. The zero-order chi connectivity index (χ0) is 32.9. The lowest BCUT2D eigenvalue weighted by Crippen LogP contribution is -2.52. The predicted molar refractivity (Wildman–Crippen MR) is 153 cm³/mol. The molecule has 3 aromatic rings. The fourth-order valence-electron chi connectivity index (χ4n) is 5.91. The Morgan fingerprint density at radius 3 is 2.33 bits per heavy atom. The Hall–Kier alpha value is -3.79. The molecule has 1 aromatic heterocycles. The first-order valence-corrected chi connectivity index (χ1v) is 16.0. The monoisotopic (exact) mass is 664 g/mol. The number of benzene rings is 2. The Morgan fingerprint density at radius 1 is 1.02 bits per heavy atom. The molecule has 3 N–H and O–H groups in total. The second kappa shape index (κ2) is 10.6. The van der Waals surface area contributed by atoms with Gasteiger partial charge in [0, 0.05) is 43.8 Å². The highest BCUT2D eigenvalue weighted by Gasteiger charge is 2.65. The highest BCUT2D eigenvalue weighted by Crippen LogP contribution is 3.02. The van der Waals surface area contributed by atoms with Crippen LogP contribution in [0.5, 0.6) is 11.6 Å². The number of hydrogen-bond donors (Lipinski definition) is 2. The standard InChI is InChI=1S/C29H31F7N4O4S/c30-29(31)10-9-22(23(16-29)19-5-2-1-3-6-19)26(41)39-13-11-28(43,12-14-39)17-40-18-38-25(24(37)27(40)42)44-20-7-4-8-21(15-20)45(32,33,34,35)36/h1-8,15,18,22-23,43H,9-14,16-17,37H2/t22-,23+/m1/s1. The van der Waals surface area contributed by atoms with E-state index in [1.165, 1.54) is 4.90 Å². The number of carbonyl (C=O) groups is 1. The van der Waals surface area contributed by atoms with Gasteiger partial charge in [-0.3, -0.25) is 14.2 Å². The largest absolute Gasteiger partial charge is 0.437 e. The maximum atomic E-state index is 14.3. The van der Waals surface area contributed by atoms with E-state index >= 15 is 0 Å². The van der Waals surface area contributed by atoms with Gasteiger partial charge in [-0.1, -0.05) is 55.8 Å². The van der Waals surface area contributed by atoms with Gasteiger partial charge in [0.2, 0.25) is 17.7 Å². The predicted octanol–water partition coefficient (Wildman–Crippen LogP) is 6.85. The van der Waals surface area contributed by atoms with E-state index in [1.807, 2.05) is 0 Å². The van der Waals surface area contributed by atoms with E-state index in [9.17, 15) is 42.9 Å². The number of aliphatic hydroxyl groups is 1. The maximum absolute atomic E-state index is 14.3. The van der Waals surface area contributed by atoms with Crippen LogP contribution in [0.4, 0.5) is 33.9 Å². The van der Waals surface area contributed by atoms with Crippen LogP contribution in [0, 0.1) is 5.92 Å². The minimum absolute atomic E-state index is 0.0191. The fraction of sp³-hybridized carbons (Fsp3) is 0.414. The van der Waals surface area contributed by atoms with Crippen molar-refractivity contribution >= 4 is 21.8 Å². The van der Waals surface area contributed by atoms with Gasteiger partial charge in [-0.05, 0) is 37.0 Å². The van der Waals surface area contributed by atoms with Crippen LogP contribution >= 0.6 is 10.2 Å². The van der Waals surface area contributed by atoms with Crippen LogP contribution < -0.4 is 16.0 Å². The van der Waals surface area contributed by atoms with Crippen molar-refractivity contribution in [2.24, 2.45) is 5.92 Å². The molecule has 8 nitrogen and oxygen atoms in total. The number of likely N-dealkylation sites (tertiary alicyclic amines) is 1. The Labute approximate surface area is 253 Å². The number of rotatable bonds is 7. The molecule has 5 rings (SSSR count). The third kappa shape index (κ3) is 7.38. The number of aromatic nitrogens is 2. The molecule has 2 atom stereocenters. The lowest BCUT2D eigenvalue weighted by Gasteiger charge is -2.42. The van der Waals surface area contributed by atoms with Gasteiger partial charge >= 0.3 is 10.2 Å². The average Bonchev–Trinajstić information content (AvgIpc) is 2.96. The van der Waals surface area contributed by atoms with Crippen molar-refractivity contribution in [1.82, 2.24) is 14.5 Å². The molecule has 45 heavy (non-hydrogen) atoms. The molecule has 2 aromatic carbocycles. The number of carbonyl (C=O) groups excluding carboxylic acids is 1. The SMILES string of the molecule is Nc1c(Oc2cccc(S(F)(F)(F)(F)F)c2)ncn(CC2(O)CCN(C(=O)[C@@H]3CCC(F)(F)C[C@H]3c3ccccc3)CC2)c1=O. The quantitative estimate of drug-likeness (QED) is 0.268. The van der Waals surface area contributed by atoms with E-state index in [1.54, 1.807) is 30.3 Å². The normalized spacial score (nSPS) is 23.1. The maximum Gasteiger partial charge on any atom is 0.310 e. The molecular weight excluding hydrogens is 633 g/mol. The molecule has 1 aliphatic heterocycles. The smallest absolute Gasteiger partial charge is 0.310 e. The van der Waals surface area contributed by atoms with Gasteiger partial charge < -0.3 is 20.5 Å². The van der Waals surface area contributed by atoms with Crippen molar-refractivity contribution in [3.05, 3.63) is 76.8 Å². The summed E-state index contributed by atoms with van der Waals surface area (Å²) in [6.45, 7) is -0.0937. The van der Waals surface area contributed by atoms with E-state index < -0.39 is 74.2 Å². The van der Waals surface area contributed by atoms with Crippen molar-refractivity contribution < 1.29 is 42.8 Å². The van der Waals surface area contributed by atoms with Gasteiger partial charge in [-0.2, -0.15) is 0 Å². The van der Waals surface area contributed by atoms with Crippen LogP contribution in [0.3, 0.4) is 0 Å². The molecule has 0 unspecified atom stereocenters. The van der Waals surface area contributed by atoms with Crippen molar-refractivity contribution in [3.63, 3.8) is 0 Å². The summed E-state index contributed by atoms with van der Waals surface area (Å²) in [6, 6.07) is 10.6. The van der Waals surface area contributed by atoms with Crippen LogP contribution in [0.1, 0.15) is 43.6 Å². The highest BCUT2D eigenvalue weighted by molar-refractivity contribution is 8.45. The van der Waals surface area contributed by atoms with E-state index in [0.717, 1.165) is 17.0 Å². The number of amides is 1. The first-order chi connectivity index (χ1) is 20.7. The van der Waals surface area contributed by atoms with Crippen molar-refractivity contribution in [2.75, 3.05) is 18.8 Å². The molecule has 0 spiro atoms. The number of ether oxygens (including phenoxy) is 1. The summed E-state index contributed by atoms with van der Waals surface area (Å²) in [5.41, 5.74) is 3.46. The number of alkyl halides is 2. The van der Waals surface area contributed by atoms with Gasteiger partial charge in [-0.25, -0.2) is 13.8 Å². The Morgan fingerprint density at radius 2 is 1.69 bits per heavy atom. The lowest BCUT2D eigenvalue weighted by atomic mass is 9.73. The molecule has 246 valence electrons. The Balaban J connectivity index is 1.25. The minimum Gasteiger partial charge on any atom is -0.437 e. The summed E-state index contributed by atoms with van der Waals surface area (Å²) in [5, 5.41) is 11.2. The molecule has 2 heterocycles. The molecule has 2 aliphatic rings. The second-order valence-electron chi connectivity index (χ2n) is 11.7. The fourth-order valence-corrected chi connectivity index (χ4v) is 6.58. The molecular formula is C29H31F7N4O4S. The average molecular weight is 665 g/mol. The number of anilines is 1. The Kier molecular flexibility index (Phi) is 7.71. The summed E-state index contributed by atoms with van der Waals surface area (Å²) in [4.78, 5) is 29.6. The summed E-state index contributed by atoms with van der Waals surface area (Å²) >= 11 is 0. The molecule has 0 bridgehead atoms. The summed E-state index contributed by atoms with van der Waals surface area (Å²) in [5.74, 6) is -5.77. The van der Waals surface area contributed by atoms with Crippen molar-refractivity contribution in [2.45, 2.75) is 61.0 Å². The number of piperidine rings is 1. The van der Waals surface area contributed by atoms with E-state index in [2.05, 4.69) is 4.98 Å². The Bertz CT molecular complexity index is 1650. The first kappa shape index (κ1) is 32.6. The summed E-state index contributed by atoms with van der Waals surface area (Å²) < 4.78 is 101. The third-order valence-electron chi connectivity index (χ3n) is 8.34. The van der Waals surface area contributed by atoms with Crippen molar-refractivity contribution in [1.29, 1.82) is 0 Å². The van der Waals surface area contributed by atoms with Crippen LogP contribution in [0.25, 0.3) is 0 Å². The molecule has 2 fully saturated rings. The van der Waals surface area contributed by atoms with Crippen LogP contribution in [-0.4, -0.2) is 50.1 Å². The van der Waals surface area contributed by atoms with E-state index in [4.69, 9.17) is 10.5 Å². The lowest BCUT2D eigenvalue weighted by molar-refractivity contribution is -0.145.